The largest absolute Gasteiger partial charge is 0.383 e. The van der Waals surface area contributed by atoms with Crippen molar-refractivity contribution < 1.29 is 14.2 Å². The first-order valence-corrected chi connectivity index (χ1v) is 18.0. The maximum absolute atomic E-state index is 5.20. The highest BCUT2D eigenvalue weighted by Gasteiger charge is 2.11. The predicted molar refractivity (Wildman–Crippen MR) is 195 cm³/mol. The van der Waals surface area contributed by atoms with E-state index in [1.54, 1.807) is 14.2 Å². The molecular formula is C37H85N3O3. The van der Waals surface area contributed by atoms with Gasteiger partial charge in [-0.2, -0.15) is 0 Å². The van der Waals surface area contributed by atoms with Crippen LogP contribution in [-0.4, -0.2) is 114 Å². The highest BCUT2D eigenvalue weighted by atomic mass is 16.5. The van der Waals surface area contributed by atoms with Gasteiger partial charge in [-0.25, -0.2) is 0 Å². The maximum Gasteiger partial charge on any atom is 0.0594 e. The zero-order chi connectivity index (χ0) is 32.3. The molecule has 0 aromatic heterocycles. The van der Waals surface area contributed by atoms with Crippen LogP contribution in [-0.2, 0) is 14.2 Å². The van der Waals surface area contributed by atoms with Crippen LogP contribution in [0.3, 0.4) is 0 Å². The fourth-order valence-corrected chi connectivity index (χ4v) is 4.47. The number of morpholine rings is 1. The molecule has 0 aliphatic carbocycles. The van der Waals surface area contributed by atoms with Crippen molar-refractivity contribution in [1.82, 2.24) is 14.7 Å². The Kier molecular flexibility index (Phi) is 48.2. The molecule has 0 saturated carbocycles. The van der Waals surface area contributed by atoms with Crippen LogP contribution >= 0.6 is 0 Å². The standard InChI is InChI=1S/C9H19N.C8H17NO.C7H15NO2.C6H14.2C3H8.CH4/c1-9(2)5-8-10-6-3-4-7-10;1-10-8-7-9-5-3-2-4-6-9;1-9-5-2-8-3-6-10-7-4-8;1-4-5-6(2)3;2*1-3-2;/h9H,3-8H2,1-2H3;2-8H2,1H3;2-7H2,1H3;6H,4-5H2,1-3H3;2*3H2,1-2H3;1H4. The summed E-state index contributed by atoms with van der Waals surface area (Å²) in [6, 6.07) is 0. The minimum absolute atomic E-state index is 0. The summed E-state index contributed by atoms with van der Waals surface area (Å²) >= 11 is 0. The van der Waals surface area contributed by atoms with Crippen LogP contribution in [0, 0.1) is 11.8 Å². The van der Waals surface area contributed by atoms with E-state index in [0.29, 0.717) is 0 Å². The van der Waals surface area contributed by atoms with Crippen LogP contribution in [0.2, 0.25) is 0 Å². The van der Waals surface area contributed by atoms with E-state index in [1.807, 2.05) is 0 Å². The van der Waals surface area contributed by atoms with Crippen LogP contribution in [0.5, 0.6) is 0 Å². The summed E-state index contributed by atoms with van der Waals surface area (Å²) in [6.07, 6.45) is 13.6. The van der Waals surface area contributed by atoms with E-state index >= 15 is 0 Å². The number of hydrogen-bond donors (Lipinski definition) is 0. The Morgan fingerprint density at radius 2 is 0.884 bits per heavy atom. The molecule has 0 amide bonds. The molecule has 3 saturated heterocycles. The Bertz CT molecular complexity index is 424. The smallest absolute Gasteiger partial charge is 0.0594 e. The fraction of sp³-hybridized carbons (Fsp3) is 1.00. The quantitative estimate of drug-likeness (QED) is 0.230. The highest BCUT2D eigenvalue weighted by Crippen LogP contribution is 2.10. The van der Waals surface area contributed by atoms with E-state index in [-0.39, 0.29) is 7.43 Å². The third kappa shape index (κ3) is 43.9. The van der Waals surface area contributed by atoms with Crippen molar-refractivity contribution in [3.8, 4) is 0 Å². The van der Waals surface area contributed by atoms with Crippen LogP contribution in [0.15, 0.2) is 0 Å². The van der Waals surface area contributed by atoms with E-state index in [1.165, 1.54) is 96.9 Å². The van der Waals surface area contributed by atoms with Gasteiger partial charge in [-0.05, 0) is 76.7 Å². The zero-order valence-corrected chi connectivity index (χ0v) is 31.0. The van der Waals surface area contributed by atoms with Gasteiger partial charge in [0.15, 0.2) is 0 Å². The topological polar surface area (TPSA) is 37.4 Å². The third-order valence-electron chi connectivity index (χ3n) is 6.86. The first kappa shape index (κ1) is 49.6. The fourth-order valence-electron chi connectivity index (χ4n) is 4.47. The SMILES string of the molecule is C.CC(C)CCN1CCCC1.CCC.CCC.CCCC(C)C.COCCN1CCCCC1.COCCN1CCOCC1. The number of likely N-dealkylation sites (tertiary alicyclic amines) is 2. The number of methoxy groups -OCH3 is 2. The molecule has 6 nitrogen and oxygen atoms in total. The molecule has 266 valence electrons. The molecule has 0 N–H and O–H groups in total. The zero-order valence-electron chi connectivity index (χ0n) is 31.0. The minimum Gasteiger partial charge on any atom is -0.383 e. The van der Waals surface area contributed by atoms with E-state index in [9.17, 15) is 0 Å². The van der Waals surface area contributed by atoms with Gasteiger partial charge >= 0.3 is 0 Å². The molecule has 0 bridgehead atoms. The number of rotatable bonds is 11. The van der Waals surface area contributed by atoms with Gasteiger partial charge in [-0.3, -0.25) is 4.90 Å². The molecule has 3 rings (SSSR count). The van der Waals surface area contributed by atoms with Gasteiger partial charge in [0.2, 0.25) is 0 Å². The van der Waals surface area contributed by atoms with Gasteiger partial charge in [-0.1, -0.05) is 102 Å². The summed E-state index contributed by atoms with van der Waals surface area (Å²) in [7, 11) is 3.50. The summed E-state index contributed by atoms with van der Waals surface area (Å²) in [6.45, 7) is 34.2. The average molecular weight is 620 g/mol. The van der Waals surface area contributed by atoms with Gasteiger partial charge in [0.1, 0.15) is 0 Å². The van der Waals surface area contributed by atoms with E-state index in [4.69, 9.17) is 14.2 Å². The molecule has 0 aromatic rings. The first-order valence-electron chi connectivity index (χ1n) is 18.0. The summed E-state index contributed by atoms with van der Waals surface area (Å²) in [5, 5.41) is 0. The van der Waals surface area contributed by atoms with Crippen LogP contribution in [0.25, 0.3) is 0 Å². The Morgan fingerprint density at radius 1 is 0.535 bits per heavy atom. The third-order valence-corrected chi connectivity index (χ3v) is 6.86. The van der Waals surface area contributed by atoms with Gasteiger partial charge in [0.25, 0.3) is 0 Å². The molecule has 0 radical (unpaired) electrons. The van der Waals surface area contributed by atoms with Gasteiger partial charge in [0, 0.05) is 40.4 Å². The summed E-state index contributed by atoms with van der Waals surface area (Å²) < 4.78 is 15.2. The number of piperidine rings is 1. The van der Waals surface area contributed by atoms with Crippen molar-refractivity contribution in [2.75, 3.05) is 99.5 Å². The van der Waals surface area contributed by atoms with E-state index in [2.05, 4.69) is 77.0 Å². The molecule has 3 aliphatic rings. The molecule has 6 heteroatoms. The number of hydrogen-bond acceptors (Lipinski definition) is 6. The second kappa shape index (κ2) is 41.8. The van der Waals surface area contributed by atoms with E-state index < -0.39 is 0 Å². The Balaban J connectivity index is -0.000000223. The Labute approximate surface area is 274 Å². The molecule has 0 atom stereocenters. The molecule has 3 aliphatic heterocycles. The first-order chi connectivity index (χ1) is 20.2. The summed E-state index contributed by atoms with van der Waals surface area (Å²) in [5.74, 6) is 1.77. The summed E-state index contributed by atoms with van der Waals surface area (Å²) in [4.78, 5) is 7.42. The maximum atomic E-state index is 5.20. The predicted octanol–water partition coefficient (Wildman–Crippen LogP) is 9.12. The lowest BCUT2D eigenvalue weighted by Gasteiger charge is -2.25. The lowest BCUT2D eigenvalue weighted by atomic mass is 10.1. The second-order valence-electron chi connectivity index (χ2n) is 12.7. The average Bonchev–Trinajstić information content (AvgIpc) is 3.51. The Morgan fingerprint density at radius 3 is 1.21 bits per heavy atom. The lowest BCUT2D eigenvalue weighted by Crippen LogP contribution is -2.38. The molecule has 43 heavy (non-hydrogen) atoms. The number of nitrogens with zero attached hydrogens (tertiary/aromatic N) is 3. The lowest BCUT2D eigenvalue weighted by molar-refractivity contribution is 0.0263. The molecule has 0 unspecified atom stereocenters. The highest BCUT2D eigenvalue weighted by molar-refractivity contribution is 4.66. The summed E-state index contributed by atoms with van der Waals surface area (Å²) in [5.41, 5.74) is 0. The molecule has 0 spiro atoms. The van der Waals surface area contributed by atoms with Crippen molar-refractivity contribution >= 4 is 0 Å². The van der Waals surface area contributed by atoms with Gasteiger partial charge in [0.05, 0.1) is 26.4 Å². The molecular weight excluding hydrogens is 534 g/mol. The second-order valence-corrected chi connectivity index (χ2v) is 12.7. The normalized spacial score (nSPS) is 17.0. The minimum atomic E-state index is 0. The van der Waals surface area contributed by atoms with Gasteiger partial charge < -0.3 is 24.0 Å². The van der Waals surface area contributed by atoms with Crippen molar-refractivity contribution in [3.05, 3.63) is 0 Å². The van der Waals surface area contributed by atoms with Crippen LogP contribution in [0.4, 0.5) is 0 Å². The van der Waals surface area contributed by atoms with Gasteiger partial charge in [-0.15, -0.1) is 0 Å². The van der Waals surface area contributed by atoms with Crippen molar-refractivity contribution in [2.45, 2.75) is 134 Å². The molecule has 0 aromatic carbocycles. The monoisotopic (exact) mass is 620 g/mol. The van der Waals surface area contributed by atoms with Crippen molar-refractivity contribution in [1.29, 1.82) is 0 Å². The van der Waals surface area contributed by atoms with Crippen molar-refractivity contribution in [2.24, 2.45) is 11.8 Å². The molecule has 3 heterocycles. The van der Waals surface area contributed by atoms with Crippen molar-refractivity contribution in [3.63, 3.8) is 0 Å². The number of ether oxygens (including phenoxy) is 3. The van der Waals surface area contributed by atoms with Crippen LogP contribution in [0.1, 0.15) is 134 Å². The Hall–Kier alpha value is -0.240. The molecule has 3 fully saturated rings. The van der Waals surface area contributed by atoms with E-state index in [0.717, 1.165) is 64.4 Å². The van der Waals surface area contributed by atoms with Crippen LogP contribution < -0.4 is 0 Å².